The Morgan fingerprint density at radius 1 is 1.17 bits per heavy atom. The van der Waals surface area contributed by atoms with Gasteiger partial charge in [-0.2, -0.15) is 0 Å². The van der Waals surface area contributed by atoms with Gasteiger partial charge < -0.3 is 15.1 Å². The third kappa shape index (κ3) is 3.89. The van der Waals surface area contributed by atoms with E-state index in [-0.39, 0.29) is 5.91 Å². The summed E-state index contributed by atoms with van der Waals surface area (Å²) in [7, 11) is 0. The van der Waals surface area contributed by atoms with Crippen molar-refractivity contribution in [1.29, 1.82) is 0 Å². The van der Waals surface area contributed by atoms with E-state index in [1.54, 1.807) is 12.3 Å². The van der Waals surface area contributed by atoms with Crippen LogP contribution in [0.25, 0.3) is 0 Å². The minimum Gasteiger partial charge on any atom is -0.354 e. The number of rotatable bonds is 4. The summed E-state index contributed by atoms with van der Waals surface area (Å²) in [5.41, 5.74) is 1.40. The molecular weight excluding hydrogens is 302 g/mol. The second-order valence-electron chi connectivity index (χ2n) is 5.94. The third-order valence-electron chi connectivity index (χ3n) is 4.28. The SMILES string of the molecule is CCN1CCN(c2ccc(C(=O)Nc3cccc(C)n3)cn2)CC1. The molecule has 3 rings (SSSR count). The molecule has 3 heterocycles. The van der Waals surface area contributed by atoms with Crippen molar-refractivity contribution in [3.8, 4) is 0 Å². The van der Waals surface area contributed by atoms with Gasteiger partial charge >= 0.3 is 0 Å². The molecule has 0 aliphatic carbocycles. The number of likely N-dealkylation sites (N-methyl/N-ethyl adjacent to an activating group) is 1. The second kappa shape index (κ2) is 7.40. The topological polar surface area (TPSA) is 61.4 Å². The molecule has 1 N–H and O–H groups in total. The van der Waals surface area contributed by atoms with Crippen LogP contribution in [0.2, 0.25) is 0 Å². The minimum atomic E-state index is -0.192. The molecule has 126 valence electrons. The Morgan fingerprint density at radius 2 is 1.96 bits per heavy atom. The van der Waals surface area contributed by atoms with Gasteiger partial charge in [0.2, 0.25) is 0 Å². The summed E-state index contributed by atoms with van der Waals surface area (Å²) >= 11 is 0. The highest BCUT2D eigenvalue weighted by molar-refractivity contribution is 6.03. The van der Waals surface area contributed by atoms with Crippen molar-refractivity contribution in [3.05, 3.63) is 47.8 Å². The van der Waals surface area contributed by atoms with Crippen LogP contribution in [-0.2, 0) is 0 Å². The summed E-state index contributed by atoms with van der Waals surface area (Å²) in [5, 5.41) is 2.80. The molecule has 1 fully saturated rings. The van der Waals surface area contributed by atoms with Crippen LogP contribution in [0.4, 0.5) is 11.6 Å². The average molecular weight is 325 g/mol. The van der Waals surface area contributed by atoms with Gasteiger partial charge in [0.15, 0.2) is 0 Å². The van der Waals surface area contributed by atoms with Gasteiger partial charge in [0, 0.05) is 38.1 Å². The summed E-state index contributed by atoms with van der Waals surface area (Å²) in [6.07, 6.45) is 1.63. The van der Waals surface area contributed by atoms with Gasteiger partial charge in [-0.1, -0.05) is 13.0 Å². The van der Waals surface area contributed by atoms with Crippen molar-refractivity contribution in [1.82, 2.24) is 14.9 Å². The normalized spacial score (nSPS) is 15.3. The first kappa shape index (κ1) is 16.4. The molecule has 0 atom stereocenters. The van der Waals surface area contributed by atoms with Crippen LogP contribution in [-0.4, -0.2) is 53.5 Å². The zero-order valence-corrected chi connectivity index (χ0v) is 14.2. The summed E-state index contributed by atoms with van der Waals surface area (Å²) in [5.74, 6) is 1.29. The number of carbonyl (C=O) groups excluding carboxylic acids is 1. The number of pyridine rings is 2. The summed E-state index contributed by atoms with van der Waals surface area (Å²) in [6, 6.07) is 9.28. The minimum absolute atomic E-state index is 0.192. The Labute approximate surface area is 142 Å². The van der Waals surface area contributed by atoms with E-state index < -0.39 is 0 Å². The summed E-state index contributed by atoms with van der Waals surface area (Å²) < 4.78 is 0. The predicted molar refractivity (Wildman–Crippen MR) is 95.5 cm³/mol. The number of nitrogens with zero attached hydrogens (tertiary/aromatic N) is 4. The fourth-order valence-corrected chi connectivity index (χ4v) is 2.80. The van der Waals surface area contributed by atoms with Crippen molar-refractivity contribution in [2.45, 2.75) is 13.8 Å². The standard InChI is InChI=1S/C18H23N5O/c1-3-22-9-11-23(12-10-22)17-8-7-15(13-19-17)18(24)21-16-6-4-5-14(2)20-16/h4-8,13H,3,9-12H2,1-2H3,(H,20,21,24). The molecule has 1 saturated heterocycles. The molecular formula is C18H23N5O. The van der Waals surface area contributed by atoms with E-state index in [1.165, 1.54) is 0 Å². The number of hydrogen-bond donors (Lipinski definition) is 1. The monoisotopic (exact) mass is 325 g/mol. The molecule has 0 aromatic carbocycles. The van der Waals surface area contributed by atoms with E-state index in [0.717, 1.165) is 44.2 Å². The molecule has 24 heavy (non-hydrogen) atoms. The van der Waals surface area contributed by atoms with Crippen molar-refractivity contribution in [2.75, 3.05) is 42.9 Å². The molecule has 0 saturated carbocycles. The van der Waals surface area contributed by atoms with Crippen LogP contribution in [0, 0.1) is 6.92 Å². The maximum absolute atomic E-state index is 12.3. The number of aryl methyl sites for hydroxylation is 1. The molecule has 6 heteroatoms. The van der Waals surface area contributed by atoms with Gasteiger partial charge in [-0.15, -0.1) is 0 Å². The van der Waals surface area contributed by atoms with Crippen LogP contribution in [0.15, 0.2) is 36.5 Å². The van der Waals surface area contributed by atoms with Gasteiger partial charge in [0.25, 0.3) is 5.91 Å². The van der Waals surface area contributed by atoms with Crippen LogP contribution < -0.4 is 10.2 Å². The van der Waals surface area contributed by atoms with Crippen LogP contribution >= 0.6 is 0 Å². The van der Waals surface area contributed by atoms with Gasteiger partial charge in [-0.3, -0.25) is 4.79 Å². The molecule has 0 radical (unpaired) electrons. The molecule has 2 aromatic rings. The fourth-order valence-electron chi connectivity index (χ4n) is 2.80. The summed E-state index contributed by atoms with van der Waals surface area (Å²) in [6.45, 7) is 9.22. The Hall–Kier alpha value is -2.47. The van der Waals surface area contributed by atoms with Crippen molar-refractivity contribution in [3.63, 3.8) is 0 Å². The molecule has 2 aromatic heterocycles. The predicted octanol–water partition coefficient (Wildman–Crippen LogP) is 2.18. The first-order valence-corrected chi connectivity index (χ1v) is 8.34. The average Bonchev–Trinajstić information content (AvgIpc) is 2.62. The number of hydrogen-bond acceptors (Lipinski definition) is 5. The molecule has 1 amide bonds. The maximum Gasteiger partial charge on any atom is 0.258 e. The first-order valence-electron chi connectivity index (χ1n) is 8.34. The number of carbonyl (C=O) groups is 1. The Morgan fingerprint density at radius 3 is 2.58 bits per heavy atom. The lowest BCUT2D eigenvalue weighted by atomic mass is 10.2. The van der Waals surface area contributed by atoms with Crippen molar-refractivity contribution < 1.29 is 4.79 Å². The zero-order valence-electron chi connectivity index (χ0n) is 14.2. The van der Waals surface area contributed by atoms with E-state index in [4.69, 9.17) is 0 Å². The highest BCUT2D eigenvalue weighted by Gasteiger charge is 2.17. The van der Waals surface area contributed by atoms with Crippen LogP contribution in [0.3, 0.4) is 0 Å². The molecule has 6 nitrogen and oxygen atoms in total. The first-order chi connectivity index (χ1) is 11.7. The van der Waals surface area contributed by atoms with E-state index in [1.807, 2.05) is 31.2 Å². The van der Waals surface area contributed by atoms with Gasteiger partial charge in [0.05, 0.1) is 5.56 Å². The molecule has 1 aliphatic heterocycles. The maximum atomic E-state index is 12.3. The smallest absolute Gasteiger partial charge is 0.258 e. The number of anilines is 2. The largest absolute Gasteiger partial charge is 0.354 e. The lowest BCUT2D eigenvalue weighted by Crippen LogP contribution is -2.46. The van der Waals surface area contributed by atoms with Gasteiger partial charge in [-0.05, 0) is 37.7 Å². The Kier molecular flexibility index (Phi) is 5.05. The Balaban J connectivity index is 1.63. The number of aromatic nitrogens is 2. The van der Waals surface area contributed by atoms with Crippen LogP contribution in [0.1, 0.15) is 23.0 Å². The molecule has 0 unspecified atom stereocenters. The van der Waals surface area contributed by atoms with Crippen LogP contribution in [0.5, 0.6) is 0 Å². The molecule has 0 spiro atoms. The lowest BCUT2D eigenvalue weighted by Gasteiger charge is -2.34. The molecule has 1 aliphatic rings. The number of nitrogens with one attached hydrogen (secondary N) is 1. The lowest BCUT2D eigenvalue weighted by molar-refractivity contribution is 0.102. The van der Waals surface area contributed by atoms with E-state index >= 15 is 0 Å². The van der Waals surface area contributed by atoms with E-state index in [2.05, 4.69) is 32.0 Å². The van der Waals surface area contributed by atoms with Crippen molar-refractivity contribution in [2.24, 2.45) is 0 Å². The van der Waals surface area contributed by atoms with E-state index in [0.29, 0.717) is 11.4 Å². The van der Waals surface area contributed by atoms with Crippen molar-refractivity contribution >= 4 is 17.5 Å². The quantitative estimate of drug-likeness (QED) is 0.933. The number of amides is 1. The number of piperazine rings is 1. The van der Waals surface area contributed by atoms with Gasteiger partial charge in [0.1, 0.15) is 11.6 Å². The Bertz CT molecular complexity index is 693. The molecule has 0 bridgehead atoms. The summed E-state index contributed by atoms with van der Waals surface area (Å²) in [4.78, 5) is 25.7. The third-order valence-corrected chi connectivity index (χ3v) is 4.28. The highest BCUT2D eigenvalue weighted by atomic mass is 16.1. The van der Waals surface area contributed by atoms with Gasteiger partial charge in [-0.25, -0.2) is 9.97 Å². The fraction of sp³-hybridized carbons (Fsp3) is 0.389. The van der Waals surface area contributed by atoms with E-state index in [9.17, 15) is 4.79 Å². The zero-order chi connectivity index (χ0) is 16.9. The second-order valence-corrected chi connectivity index (χ2v) is 5.94. The highest BCUT2D eigenvalue weighted by Crippen LogP contribution is 2.15.